The van der Waals surface area contributed by atoms with Gasteiger partial charge in [-0.15, -0.1) is 10.2 Å². The lowest BCUT2D eigenvalue weighted by Crippen LogP contribution is -2.29. The summed E-state index contributed by atoms with van der Waals surface area (Å²) in [6.07, 6.45) is 0. The van der Waals surface area contributed by atoms with Crippen LogP contribution in [-0.2, 0) is 10.0 Å². The van der Waals surface area contributed by atoms with Crippen LogP contribution in [0.25, 0.3) is 5.82 Å². The van der Waals surface area contributed by atoms with Crippen LogP contribution in [0.1, 0.15) is 17.0 Å². The molecular formula is C19H24N6O3S. The van der Waals surface area contributed by atoms with E-state index in [0.29, 0.717) is 23.9 Å². The fourth-order valence-corrected chi connectivity index (χ4v) is 4.12. The summed E-state index contributed by atoms with van der Waals surface area (Å²) in [5.41, 5.74) is 2.71. The molecular weight excluding hydrogens is 392 g/mol. The molecule has 0 fully saturated rings. The Hall–Kier alpha value is -2.98. The maximum atomic E-state index is 12.6. The predicted molar refractivity (Wildman–Crippen MR) is 110 cm³/mol. The molecule has 1 aromatic carbocycles. The zero-order chi connectivity index (χ0) is 21.0. The minimum Gasteiger partial charge on any atom is -0.495 e. The highest BCUT2D eigenvalue weighted by atomic mass is 32.2. The molecule has 0 saturated heterocycles. The first-order chi connectivity index (χ1) is 13.8. The third kappa shape index (κ3) is 4.90. The number of ether oxygens (including phenoxy) is 1. The Morgan fingerprint density at radius 3 is 2.45 bits per heavy atom. The van der Waals surface area contributed by atoms with E-state index in [1.54, 1.807) is 35.0 Å². The van der Waals surface area contributed by atoms with Crippen LogP contribution in [0.3, 0.4) is 0 Å². The van der Waals surface area contributed by atoms with Gasteiger partial charge in [0.1, 0.15) is 16.5 Å². The van der Waals surface area contributed by atoms with Crippen molar-refractivity contribution in [3.05, 3.63) is 53.3 Å². The average Bonchev–Trinajstić information content (AvgIpc) is 3.04. The average molecular weight is 417 g/mol. The topological polar surface area (TPSA) is 111 Å². The second kappa shape index (κ2) is 8.58. The van der Waals surface area contributed by atoms with Crippen molar-refractivity contribution in [2.75, 3.05) is 25.5 Å². The number of aromatic nitrogens is 4. The van der Waals surface area contributed by atoms with Crippen LogP contribution in [0, 0.1) is 20.8 Å². The van der Waals surface area contributed by atoms with Crippen LogP contribution in [0.5, 0.6) is 5.75 Å². The highest BCUT2D eigenvalue weighted by Crippen LogP contribution is 2.24. The van der Waals surface area contributed by atoms with Crippen molar-refractivity contribution >= 4 is 15.8 Å². The van der Waals surface area contributed by atoms with E-state index in [0.717, 1.165) is 17.0 Å². The zero-order valence-corrected chi connectivity index (χ0v) is 17.6. The first-order valence-corrected chi connectivity index (χ1v) is 10.5. The van der Waals surface area contributed by atoms with Crippen LogP contribution >= 0.6 is 0 Å². The minimum atomic E-state index is -3.69. The molecule has 3 aromatic rings. The molecule has 2 N–H and O–H groups in total. The molecule has 0 aliphatic rings. The highest BCUT2D eigenvalue weighted by molar-refractivity contribution is 7.89. The lowest BCUT2D eigenvalue weighted by atomic mass is 10.2. The van der Waals surface area contributed by atoms with E-state index in [4.69, 9.17) is 4.74 Å². The molecule has 0 amide bonds. The molecule has 2 heterocycles. The van der Waals surface area contributed by atoms with Crippen molar-refractivity contribution in [3.63, 3.8) is 0 Å². The molecule has 0 aliphatic carbocycles. The van der Waals surface area contributed by atoms with Gasteiger partial charge in [-0.05, 0) is 56.7 Å². The molecule has 154 valence electrons. The third-order valence-corrected chi connectivity index (χ3v) is 5.69. The van der Waals surface area contributed by atoms with Crippen LogP contribution in [0.4, 0.5) is 5.82 Å². The van der Waals surface area contributed by atoms with E-state index in [2.05, 4.69) is 25.3 Å². The van der Waals surface area contributed by atoms with Gasteiger partial charge in [-0.2, -0.15) is 5.10 Å². The van der Waals surface area contributed by atoms with Gasteiger partial charge in [0, 0.05) is 18.8 Å². The Bertz CT molecular complexity index is 1090. The van der Waals surface area contributed by atoms with Gasteiger partial charge in [0.05, 0.1) is 12.8 Å². The second-order valence-corrected chi connectivity index (χ2v) is 8.33. The number of nitrogens with one attached hydrogen (secondary N) is 2. The van der Waals surface area contributed by atoms with Crippen LogP contribution < -0.4 is 14.8 Å². The van der Waals surface area contributed by atoms with Crippen LogP contribution in [0.2, 0.25) is 0 Å². The summed E-state index contributed by atoms with van der Waals surface area (Å²) >= 11 is 0. The van der Waals surface area contributed by atoms with Crippen molar-refractivity contribution in [2.45, 2.75) is 25.7 Å². The number of anilines is 1. The van der Waals surface area contributed by atoms with Crippen LogP contribution in [-0.4, -0.2) is 48.6 Å². The molecule has 9 nitrogen and oxygen atoms in total. The van der Waals surface area contributed by atoms with Crippen molar-refractivity contribution in [3.8, 4) is 11.6 Å². The van der Waals surface area contributed by atoms with Crippen molar-refractivity contribution in [2.24, 2.45) is 0 Å². The molecule has 0 radical (unpaired) electrons. The van der Waals surface area contributed by atoms with Gasteiger partial charge < -0.3 is 10.1 Å². The van der Waals surface area contributed by atoms with E-state index in [9.17, 15) is 8.42 Å². The maximum absolute atomic E-state index is 12.6. The Labute approximate surface area is 170 Å². The van der Waals surface area contributed by atoms with Gasteiger partial charge in [-0.1, -0.05) is 6.07 Å². The monoisotopic (exact) mass is 416 g/mol. The third-order valence-electron chi connectivity index (χ3n) is 4.21. The summed E-state index contributed by atoms with van der Waals surface area (Å²) in [6.45, 7) is 6.22. The molecule has 0 spiro atoms. The number of nitrogens with zero attached hydrogens (tertiary/aromatic N) is 4. The van der Waals surface area contributed by atoms with E-state index >= 15 is 0 Å². The largest absolute Gasteiger partial charge is 0.495 e. The number of sulfonamides is 1. The maximum Gasteiger partial charge on any atom is 0.244 e. The first kappa shape index (κ1) is 20.7. The molecule has 3 rings (SSSR count). The standard InChI is InChI=1S/C19H24N6O3S/c1-13-5-6-16(28-4)17(11-13)29(26,27)21-10-9-20-18-7-8-19(23-22-18)25-15(3)12-14(2)24-25/h5-8,11-12,21H,9-10H2,1-4H3,(H,20,22). The van der Waals surface area contributed by atoms with Gasteiger partial charge in [0.2, 0.25) is 10.0 Å². The van der Waals surface area contributed by atoms with Gasteiger partial charge in [0.25, 0.3) is 0 Å². The fraction of sp³-hybridized carbons (Fsp3) is 0.316. The molecule has 10 heteroatoms. The highest BCUT2D eigenvalue weighted by Gasteiger charge is 2.19. The zero-order valence-electron chi connectivity index (χ0n) is 16.8. The first-order valence-electron chi connectivity index (χ1n) is 9.06. The van der Waals surface area contributed by atoms with Gasteiger partial charge in [-0.25, -0.2) is 17.8 Å². The Morgan fingerprint density at radius 1 is 1.03 bits per heavy atom. The van der Waals surface area contributed by atoms with E-state index < -0.39 is 10.0 Å². The van der Waals surface area contributed by atoms with Crippen molar-refractivity contribution in [1.82, 2.24) is 24.7 Å². The van der Waals surface area contributed by atoms with Gasteiger partial charge in [-0.3, -0.25) is 0 Å². The number of hydrogen-bond donors (Lipinski definition) is 2. The number of aryl methyl sites for hydroxylation is 3. The normalized spacial score (nSPS) is 11.4. The summed E-state index contributed by atoms with van der Waals surface area (Å²) in [5.74, 6) is 1.47. The lowest BCUT2D eigenvalue weighted by molar-refractivity contribution is 0.402. The molecule has 29 heavy (non-hydrogen) atoms. The Balaban J connectivity index is 1.58. The lowest BCUT2D eigenvalue weighted by Gasteiger charge is -2.12. The van der Waals surface area contributed by atoms with E-state index in [1.807, 2.05) is 26.8 Å². The summed E-state index contributed by atoms with van der Waals surface area (Å²) in [5, 5.41) is 15.7. The van der Waals surface area contributed by atoms with Crippen LogP contribution in [0.15, 0.2) is 41.3 Å². The smallest absolute Gasteiger partial charge is 0.244 e. The molecule has 0 atom stereocenters. The molecule has 0 saturated carbocycles. The number of benzene rings is 1. The Kier molecular flexibility index (Phi) is 6.14. The van der Waals surface area contributed by atoms with Gasteiger partial charge >= 0.3 is 0 Å². The molecule has 0 aliphatic heterocycles. The van der Waals surface area contributed by atoms with E-state index in [-0.39, 0.29) is 11.4 Å². The quantitative estimate of drug-likeness (QED) is 0.540. The molecule has 0 unspecified atom stereocenters. The minimum absolute atomic E-state index is 0.119. The van der Waals surface area contributed by atoms with Crippen molar-refractivity contribution in [1.29, 1.82) is 0 Å². The number of methoxy groups -OCH3 is 1. The predicted octanol–water partition coefficient (Wildman–Crippen LogP) is 1.99. The van der Waals surface area contributed by atoms with Crippen molar-refractivity contribution < 1.29 is 13.2 Å². The number of hydrogen-bond acceptors (Lipinski definition) is 7. The SMILES string of the molecule is COc1ccc(C)cc1S(=O)(=O)NCCNc1ccc(-n2nc(C)cc2C)nn1. The molecule has 0 bridgehead atoms. The Morgan fingerprint density at radius 2 is 1.83 bits per heavy atom. The summed E-state index contributed by atoms with van der Waals surface area (Å²) < 4.78 is 34.5. The summed E-state index contributed by atoms with van der Waals surface area (Å²) in [6, 6.07) is 10.6. The number of rotatable bonds is 8. The van der Waals surface area contributed by atoms with E-state index in [1.165, 1.54) is 7.11 Å². The second-order valence-electron chi connectivity index (χ2n) is 6.59. The fourth-order valence-electron chi connectivity index (χ4n) is 2.84. The summed E-state index contributed by atoms with van der Waals surface area (Å²) in [7, 11) is -2.24. The summed E-state index contributed by atoms with van der Waals surface area (Å²) in [4.78, 5) is 0.119. The molecule has 2 aromatic heterocycles. The van der Waals surface area contributed by atoms with Gasteiger partial charge in [0.15, 0.2) is 5.82 Å².